The second-order valence-corrected chi connectivity index (χ2v) is 6.84. The zero-order chi connectivity index (χ0) is 16.1. The lowest BCUT2D eigenvalue weighted by Gasteiger charge is -2.46. The molecule has 0 radical (unpaired) electrons. The van der Waals surface area contributed by atoms with Crippen LogP contribution in [0.4, 0.5) is 0 Å². The van der Waals surface area contributed by atoms with Crippen LogP contribution in [0, 0.1) is 11.3 Å². The quantitative estimate of drug-likeness (QED) is 0.855. The average Bonchev–Trinajstić information content (AvgIpc) is 2.61. The Morgan fingerprint density at radius 1 is 1.22 bits per heavy atom. The summed E-state index contributed by atoms with van der Waals surface area (Å²) in [6.45, 7) is 8.02. The molecule has 2 saturated heterocycles. The van der Waals surface area contributed by atoms with Crippen molar-refractivity contribution >= 4 is 0 Å². The second kappa shape index (κ2) is 7.44. The van der Waals surface area contributed by atoms with E-state index in [-0.39, 0.29) is 11.6 Å². The van der Waals surface area contributed by atoms with E-state index >= 15 is 0 Å². The standard InChI is InChI=1S/C19H27N3O/c1-17-15-19(16-20,8-14-23-17)22-12-10-21(11-13-22)9-7-18-5-3-2-4-6-18/h2-6,17H,7-15H2,1H3. The molecule has 2 fully saturated rings. The highest BCUT2D eigenvalue weighted by Crippen LogP contribution is 2.31. The summed E-state index contributed by atoms with van der Waals surface area (Å²) in [7, 11) is 0. The van der Waals surface area contributed by atoms with E-state index in [1.807, 2.05) is 0 Å². The maximum atomic E-state index is 9.77. The molecular weight excluding hydrogens is 286 g/mol. The first-order valence-electron chi connectivity index (χ1n) is 8.76. The third kappa shape index (κ3) is 3.92. The molecule has 2 unspecified atom stereocenters. The lowest BCUT2D eigenvalue weighted by Crippen LogP contribution is -2.59. The fourth-order valence-electron chi connectivity index (χ4n) is 3.86. The molecule has 0 amide bonds. The number of benzene rings is 1. The fourth-order valence-corrected chi connectivity index (χ4v) is 3.86. The van der Waals surface area contributed by atoms with Crippen LogP contribution in [0.3, 0.4) is 0 Å². The Morgan fingerprint density at radius 3 is 2.61 bits per heavy atom. The van der Waals surface area contributed by atoms with E-state index in [1.54, 1.807) is 0 Å². The van der Waals surface area contributed by atoms with E-state index in [0.717, 1.165) is 52.0 Å². The van der Waals surface area contributed by atoms with Gasteiger partial charge in [0.1, 0.15) is 5.54 Å². The van der Waals surface area contributed by atoms with Crippen LogP contribution >= 0.6 is 0 Å². The van der Waals surface area contributed by atoms with E-state index in [4.69, 9.17) is 4.74 Å². The minimum absolute atomic E-state index is 0.194. The molecule has 2 aliphatic rings. The van der Waals surface area contributed by atoms with Crippen molar-refractivity contribution in [1.82, 2.24) is 9.80 Å². The molecule has 2 heterocycles. The Hall–Kier alpha value is -1.41. The molecule has 0 aliphatic carbocycles. The normalized spacial score (nSPS) is 30.0. The highest BCUT2D eigenvalue weighted by Gasteiger charge is 2.42. The number of nitrogens with zero attached hydrogens (tertiary/aromatic N) is 3. The number of nitriles is 1. The molecule has 3 rings (SSSR count). The third-order valence-electron chi connectivity index (χ3n) is 5.29. The number of rotatable bonds is 4. The SMILES string of the molecule is CC1CC(C#N)(N2CCN(CCc3ccccc3)CC2)CCO1. The summed E-state index contributed by atoms with van der Waals surface area (Å²) in [4.78, 5) is 4.93. The predicted octanol–water partition coefficient (Wildman–Crippen LogP) is 2.31. The van der Waals surface area contributed by atoms with Gasteiger partial charge in [-0.05, 0) is 18.9 Å². The predicted molar refractivity (Wildman–Crippen MR) is 91.2 cm³/mol. The summed E-state index contributed by atoms with van der Waals surface area (Å²) in [5.41, 5.74) is 1.10. The smallest absolute Gasteiger partial charge is 0.114 e. The maximum absolute atomic E-state index is 9.77. The van der Waals surface area contributed by atoms with Crippen LogP contribution in [0.2, 0.25) is 0 Å². The molecule has 0 saturated carbocycles. The molecule has 1 aromatic rings. The van der Waals surface area contributed by atoms with Crippen LogP contribution in [0.15, 0.2) is 30.3 Å². The monoisotopic (exact) mass is 313 g/mol. The molecule has 4 heteroatoms. The van der Waals surface area contributed by atoms with Crippen molar-refractivity contribution in [1.29, 1.82) is 5.26 Å². The highest BCUT2D eigenvalue weighted by atomic mass is 16.5. The van der Waals surface area contributed by atoms with Gasteiger partial charge in [-0.25, -0.2) is 0 Å². The Morgan fingerprint density at radius 2 is 1.96 bits per heavy atom. The first-order chi connectivity index (χ1) is 11.2. The highest BCUT2D eigenvalue weighted by molar-refractivity contribution is 5.15. The Balaban J connectivity index is 1.51. The molecule has 2 aliphatic heterocycles. The van der Waals surface area contributed by atoms with E-state index in [0.29, 0.717) is 6.61 Å². The van der Waals surface area contributed by atoms with Gasteiger partial charge in [-0.1, -0.05) is 30.3 Å². The molecular formula is C19H27N3O. The van der Waals surface area contributed by atoms with Crippen LogP contribution < -0.4 is 0 Å². The molecule has 124 valence electrons. The second-order valence-electron chi connectivity index (χ2n) is 6.84. The van der Waals surface area contributed by atoms with Gasteiger partial charge in [0, 0.05) is 52.2 Å². The molecule has 0 spiro atoms. The molecule has 23 heavy (non-hydrogen) atoms. The first kappa shape index (κ1) is 16.4. The van der Waals surface area contributed by atoms with Crippen molar-refractivity contribution < 1.29 is 4.74 Å². The van der Waals surface area contributed by atoms with E-state index in [2.05, 4.69) is 53.1 Å². The zero-order valence-electron chi connectivity index (χ0n) is 14.1. The topological polar surface area (TPSA) is 39.5 Å². The molecule has 2 atom stereocenters. The average molecular weight is 313 g/mol. The number of hydrogen-bond acceptors (Lipinski definition) is 4. The Kier molecular flexibility index (Phi) is 5.32. The van der Waals surface area contributed by atoms with Crippen LogP contribution in [-0.2, 0) is 11.2 Å². The van der Waals surface area contributed by atoms with Crippen molar-refractivity contribution in [2.24, 2.45) is 0 Å². The summed E-state index contributed by atoms with van der Waals surface area (Å²) in [6.07, 6.45) is 2.99. The zero-order valence-corrected chi connectivity index (χ0v) is 14.1. The van der Waals surface area contributed by atoms with Crippen molar-refractivity contribution in [3.63, 3.8) is 0 Å². The minimum Gasteiger partial charge on any atom is -0.378 e. The van der Waals surface area contributed by atoms with E-state index < -0.39 is 0 Å². The Labute approximate surface area is 139 Å². The van der Waals surface area contributed by atoms with Gasteiger partial charge >= 0.3 is 0 Å². The van der Waals surface area contributed by atoms with E-state index in [9.17, 15) is 5.26 Å². The van der Waals surface area contributed by atoms with Gasteiger partial charge in [0.15, 0.2) is 0 Å². The van der Waals surface area contributed by atoms with Crippen molar-refractivity contribution in [3.8, 4) is 6.07 Å². The van der Waals surface area contributed by atoms with Gasteiger partial charge < -0.3 is 9.64 Å². The molecule has 1 aromatic carbocycles. The van der Waals surface area contributed by atoms with Crippen LogP contribution in [0.1, 0.15) is 25.3 Å². The van der Waals surface area contributed by atoms with Crippen molar-refractivity contribution in [2.45, 2.75) is 37.8 Å². The molecule has 0 bridgehead atoms. The van der Waals surface area contributed by atoms with Crippen LogP contribution in [0.5, 0.6) is 0 Å². The summed E-state index contributed by atoms with van der Waals surface area (Å²) in [5.74, 6) is 0. The minimum atomic E-state index is -0.302. The number of hydrogen-bond donors (Lipinski definition) is 0. The molecule has 0 aromatic heterocycles. The number of piperazine rings is 1. The van der Waals surface area contributed by atoms with Gasteiger partial charge in [0.2, 0.25) is 0 Å². The van der Waals surface area contributed by atoms with Crippen molar-refractivity contribution in [3.05, 3.63) is 35.9 Å². The fraction of sp³-hybridized carbons (Fsp3) is 0.632. The summed E-state index contributed by atoms with van der Waals surface area (Å²) in [5, 5.41) is 9.77. The first-order valence-corrected chi connectivity index (χ1v) is 8.76. The van der Waals surface area contributed by atoms with Crippen LogP contribution in [-0.4, -0.2) is 60.8 Å². The lowest BCUT2D eigenvalue weighted by molar-refractivity contribution is -0.0554. The Bertz CT molecular complexity index is 533. The van der Waals surface area contributed by atoms with Gasteiger partial charge in [-0.15, -0.1) is 0 Å². The lowest BCUT2D eigenvalue weighted by atomic mass is 9.86. The van der Waals surface area contributed by atoms with Crippen LogP contribution in [0.25, 0.3) is 0 Å². The summed E-state index contributed by atoms with van der Waals surface area (Å²) in [6, 6.07) is 13.3. The summed E-state index contributed by atoms with van der Waals surface area (Å²) >= 11 is 0. The number of ether oxygens (including phenoxy) is 1. The molecule has 4 nitrogen and oxygen atoms in total. The van der Waals surface area contributed by atoms with Gasteiger partial charge in [-0.3, -0.25) is 4.90 Å². The summed E-state index contributed by atoms with van der Waals surface area (Å²) < 4.78 is 5.65. The van der Waals surface area contributed by atoms with Gasteiger partial charge in [0.05, 0.1) is 12.2 Å². The van der Waals surface area contributed by atoms with Gasteiger partial charge in [-0.2, -0.15) is 5.26 Å². The van der Waals surface area contributed by atoms with Crippen molar-refractivity contribution in [2.75, 3.05) is 39.3 Å². The largest absolute Gasteiger partial charge is 0.378 e. The van der Waals surface area contributed by atoms with Gasteiger partial charge in [0.25, 0.3) is 0 Å². The third-order valence-corrected chi connectivity index (χ3v) is 5.29. The van der Waals surface area contributed by atoms with E-state index in [1.165, 1.54) is 5.56 Å². The maximum Gasteiger partial charge on any atom is 0.114 e. The molecule has 0 N–H and O–H groups in total.